The molecular formula is C18H16N3O3+. The molecule has 24 heavy (non-hydrogen) atoms. The smallest absolute Gasteiger partial charge is 0.283 e. The van der Waals surface area contributed by atoms with Crippen molar-refractivity contribution < 1.29 is 18.6 Å². The summed E-state index contributed by atoms with van der Waals surface area (Å²) in [5.74, 6) is 2.37. The second-order valence-electron chi connectivity index (χ2n) is 5.32. The third-order valence-corrected chi connectivity index (χ3v) is 3.74. The number of nitrogens with two attached hydrogens (primary N) is 1. The summed E-state index contributed by atoms with van der Waals surface area (Å²) in [6, 6.07) is 17.6. The molecule has 0 bridgehead atoms. The maximum absolute atomic E-state index is 5.65. The van der Waals surface area contributed by atoms with Gasteiger partial charge in [0, 0.05) is 5.56 Å². The fourth-order valence-corrected chi connectivity index (χ4v) is 2.60. The van der Waals surface area contributed by atoms with Crippen molar-refractivity contribution in [3.63, 3.8) is 0 Å². The Morgan fingerprint density at radius 1 is 0.875 bits per heavy atom. The minimum atomic E-state index is 0.0279. The Balaban J connectivity index is 1.52. The molecule has 6 heteroatoms. The summed E-state index contributed by atoms with van der Waals surface area (Å²) >= 11 is 0. The summed E-state index contributed by atoms with van der Waals surface area (Å²) in [4.78, 5) is 0. The molecule has 4 aromatic rings. The maximum atomic E-state index is 5.65. The molecule has 0 aliphatic rings. The van der Waals surface area contributed by atoms with Gasteiger partial charge in [0.15, 0.2) is 24.1 Å². The second kappa shape index (κ2) is 6.55. The zero-order chi connectivity index (χ0) is 16.2. The molecule has 0 saturated carbocycles. The van der Waals surface area contributed by atoms with E-state index in [-0.39, 0.29) is 6.04 Å². The number of rotatable bonds is 6. The number of benzene rings is 1. The van der Waals surface area contributed by atoms with Crippen LogP contribution in [-0.2, 0) is 6.54 Å². The van der Waals surface area contributed by atoms with E-state index in [2.05, 4.69) is 27.6 Å². The summed E-state index contributed by atoms with van der Waals surface area (Å²) in [5, 5.41) is 10.2. The molecule has 6 nitrogen and oxygen atoms in total. The zero-order valence-corrected chi connectivity index (χ0v) is 12.8. The lowest BCUT2D eigenvalue weighted by Crippen LogP contribution is -2.84. The van der Waals surface area contributed by atoms with Gasteiger partial charge in [0.1, 0.15) is 0 Å². The van der Waals surface area contributed by atoms with Crippen LogP contribution in [0.3, 0.4) is 0 Å². The first-order chi connectivity index (χ1) is 11.9. The van der Waals surface area contributed by atoms with Crippen molar-refractivity contribution in [1.29, 1.82) is 0 Å². The van der Waals surface area contributed by atoms with E-state index in [9.17, 15) is 0 Å². The number of furan rings is 2. The molecule has 3 heterocycles. The Morgan fingerprint density at radius 3 is 2.46 bits per heavy atom. The van der Waals surface area contributed by atoms with Gasteiger partial charge in [-0.3, -0.25) is 0 Å². The summed E-state index contributed by atoms with van der Waals surface area (Å²) in [7, 11) is 0. The highest BCUT2D eigenvalue weighted by Crippen LogP contribution is 2.20. The summed E-state index contributed by atoms with van der Waals surface area (Å²) < 4.78 is 16.5. The second-order valence-corrected chi connectivity index (χ2v) is 5.32. The maximum Gasteiger partial charge on any atom is 0.283 e. The first-order valence-electron chi connectivity index (χ1n) is 7.68. The van der Waals surface area contributed by atoms with Gasteiger partial charge >= 0.3 is 0 Å². The van der Waals surface area contributed by atoms with Gasteiger partial charge in [-0.05, 0) is 24.3 Å². The molecule has 0 radical (unpaired) electrons. The van der Waals surface area contributed by atoms with Gasteiger partial charge in [-0.15, -0.1) is 10.2 Å². The van der Waals surface area contributed by atoms with Gasteiger partial charge in [-0.2, -0.15) is 0 Å². The van der Waals surface area contributed by atoms with Crippen LogP contribution in [0.25, 0.3) is 11.7 Å². The van der Waals surface area contributed by atoms with Crippen LogP contribution in [0, 0.1) is 0 Å². The molecular weight excluding hydrogens is 306 g/mol. The SMILES string of the molecule is c1ccc([C@@H]([NH2+]Cc2nnc(-c3ccco3)o2)c2ccco2)cc1. The number of aromatic nitrogens is 2. The molecule has 0 aliphatic carbocycles. The van der Waals surface area contributed by atoms with Crippen LogP contribution in [0.2, 0.25) is 0 Å². The van der Waals surface area contributed by atoms with Crippen LogP contribution < -0.4 is 5.32 Å². The predicted molar refractivity (Wildman–Crippen MR) is 84.6 cm³/mol. The van der Waals surface area contributed by atoms with E-state index >= 15 is 0 Å². The third kappa shape index (κ3) is 3.00. The van der Waals surface area contributed by atoms with Crippen molar-refractivity contribution in [2.75, 3.05) is 0 Å². The number of hydrogen-bond acceptors (Lipinski definition) is 5. The average molecular weight is 322 g/mol. The molecule has 0 amide bonds. The van der Waals surface area contributed by atoms with E-state index in [0.717, 1.165) is 11.3 Å². The highest BCUT2D eigenvalue weighted by molar-refractivity contribution is 5.42. The minimum absolute atomic E-state index is 0.0279. The van der Waals surface area contributed by atoms with Crippen LogP contribution >= 0.6 is 0 Å². The minimum Gasteiger partial charge on any atom is -0.463 e. The Kier molecular flexibility index (Phi) is 3.95. The van der Waals surface area contributed by atoms with E-state index in [1.807, 2.05) is 30.3 Å². The van der Waals surface area contributed by atoms with E-state index in [0.29, 0.717) is 24.1 Å². The van der Waals surface area contributed by atoms with E-state index < -0.39 is 0 Å². The van der Waals surface area contributed by atoms with Gasteiger partial charge < -0.3 is 18.6 Å². The molecule has 3 aromatic heterocycles. The first-order valence-corrected chi connectivity index (χ1v) is 7.68. The topological polar surface area (TPSA) is 81.8 Å². The Hall–Kier alpha value is -3.12. The van der Waals surface area contributed by atoms with Crippen molar-refractivity contribution in [2.45, 2.75) is 12.6 Å². The van der Waals surface area contributed by atoms with E-state index in [1.54, 1.807) is 24.7 Å². The highest BCUT2D eigenvalue weighted by Gasteiger charge is 2.21. The molecule has 1 aromatic carbocycles. The van der Waals surface area contributed by atoms with Crippen molar-refractivity contribution in [1.82, 2.24) is 10.2 Å². The molecule has 0 fully saturated rings. The Morgan fingerprint density at radius 2 is 1.71 bits per heavy atom. The van der Waals surface area contributed by atoms with Crippen molar-refractivity contribution in [3.8, 4) is 11.7 Å². The van der Waals surface area contributed by atoms with Gasteiger partial charge in [0.05, 0.1) is 12.5 Å². The molecule has 0 aliphatic heterocycles. The van der Waals surface area contributed by atoms with Crippen LogP contribution in [0.1, 0.15) is 23.3 Å². The lowest BCUT2D eigenvalue weighted by atomic mass is 10.0. The number of quaternary nitrogens is 1. The van der Waals surface area contributed by atoms with Crippen molar-refractivity contribution in [3.05, 3.63) is 84.3 Å². The molecule has 0 spiro atoms. The number of hydrogen-bond donors (Lipinski definition) is 1. The van der Waals surface area contributed by atoms with Crippen LogP contribution in [0.4, 0.5) is 0 Å². The van der Waals surface area contributed by atoms with Gasteiger partial charge in [0.25, 0.3) is 11.8 Å². The largest absolute Gasteiger partial charge is 0.463 e. The average Bonchev–Trinajstić information content (AvgIpc) is 3.38. The van der Waals surface area contributed by atoms with Crippen LogP contribution in [-0.4, -0.2) is 10.2 Å². The molecule has 2 N–H and O–H groups in total. The predicted octanol–water partition coefficient (Wildman–Crippen LogP) is 2.78. The standard InChI is InChI=1S/C18H15N3O3/c1-2-6-13(7-3-1)17(14-8-4-10-22-14)19-12-16-20-21-18(24-16)15-9-5-11-23-15/h1-11,17,19H,12H2/p+1/t17-/m1/s1. The monoisotopic (exact) mass is 322 g/mol. The molecule has 0 saturated heterocycles. The van der Waals surface area contributed by atoms with Crippen LogP contribution in [0.5, 0.6) is 0 Å². The molecule has 0 unspecified atom stereocenters. The molecule has 1 atom stereocenters. The van der Waals surface area contributed by atoms with Gasteiger partial charge in [0.2, 0.25) is 0 Å². The first kappa shape index (κ1) is 14.5. The lowest BCUT2D eigenvalue weighted by Gasteiger charge is -2.12. The van der Waals surface area contributed by atoms with Crippen molar-refractivity contribution in [2.24, 2.45) is 0 Å². The molecule has 4 rings (SSSR count). The van der Waals surface area contributed by atoms with Crippen LogP contribution in [0.15, 0.2) is 80.4 Å². The summed E-state index contributed by atoms with van der Waals surface area (Å²) in [6.45, 7) is 0.536. The Labute approximate surface area is 138 Å². The third-order valence-electron chi connectivity index (χ3n) is 3.74. The lowest BCUT2D eigenvalue weighted by molar-refractivity contribution is -0.706. The molecule has 120 valence electrons. The van der Waals surface area contributed by atoms with E-state index in [1.165, 1.54) is 0 Å². The summed E-state index contributed by atoms with van der Waals surface area (Å²) in [5.41, 5.74) is 1.15. The summed E-state index contributed by atoms with van der Waals surface area (Å²) in [6.07, 6.45) is 3.26. The van der Waals surface area contributed by atoms with Gasteiger partial charge in [-0.1, -0.05) is 30.3 Å². The Bertz CT molecular complexity index is 868. The normalized spacial score (nSPS) is 12.3. The highest BCUT2D eigenvalue weighted by atomic mass is 16.4. The fourth-order valence-electron chi connectivity index (χ4n) is 2.60. The van der Waals surface area contributed by atoms with Crippen molar-refractivity contribution >= 4 is 0 Å². The number of nitrogens with zero attached hydrogens (tertiary/aromatic N) is 2. The quantitative estimate of drug-likeness (QED) is 0.590. The van der Waals surface area contributed by atoms with Gasteiger partial charge in [-0.25, -0.2) is 0 Å². The zero-order valence-electron chi connectivity index (χ0n) is 12.8. The fraction of sp³-hybridized carbons (Fsp3) is 0.111. The van der Waals surface area contributed by atoms with E-state index in [4.69, 9.17) is 13.3 Å².